The Bertz CT molecular complexity index is 774. The van der Waals surface area contributed by atoms with Gasteiger partial charge in [-0.25, -0.2) is 13.2 Å². The Morgan fingerprint density at radius 3 is 2.11 bits per heavy atom. The Morgan fingerprint density at radius 1 is 0.926 bits per heavy atom. The molecule has 1 heterocycles. The average Bonchev–Trinajstić information content (AvgIpc) is 2.65. The maximum atomic E-state index is 12.8. The first-order valence-electron chi connectivity index (χ1n) is 9.38. The summed E-state index contributed by atoms with van der Waals surface area (Å²) in [7, 11) is -3.61. The number of benzene rings is 1. The van der Waals surface area contributed by atoms with Gasteiger partial charge in [0.25, 0.3) is 0 Å². The van der Waals surface area contributed by atoms with E-state index in [1.807, 2.05) is 0 Å². The number of sulfonamides is 1. The molecule has 1 aromatic rings. The molecular weight excluding hydrogens is 409 g/mol. The highest BCUT2D eigenvalue weighted by Gasteiger charge is 2.30. The number of hydrogen-bond donors (Lipinski definition) is 2. The molecule has 0 unspecified atom stereocenters. The molecule has 150 valence electrons. The minimum atomic E-state index is -3.61. The lowest BCUT2D eigenvalue weighted by Crippen LogP contribution is -2.51. The van der Waals surface area contributed by atoms with E-state index in [9.17, 15) is 13.2 Å². The standard InChI is InChI=1S/C18H25Cl2N3O3S/c19-16-7-6-15(12-17(16)20)27(25,26)23-10-8-14(9-11-23)22-18(24)21-13-4-2-1-3-5-13/h6-7,12-14H,1-5,8-11H2,(H2,21,22,24). The predicted octanol–water partition coefficient (Wildman–Crippen LogP) is 3.78. The zero-order valence-electron chi connectivity index (χ0n) is 15.1. The van der Waals surface area contributed by atoms with Crippen molar-refractivity contribution in [1.82, 2.24) is 14.9 Å². The van der Waals surface area contributed by atoms with E-state index >= 15 is 0 Å². The smallest absolute Gasteiger partial charge is 0.315 e. The van der Waals surface area contributed by atoms with Crippen LogP contribution in [-0.4, -0.2) is 43.9 Å². The quantitative estimate of drug-likeness (QED) is 0.757. The van der Waals surface area contributed by atoms with Crippen LogP contribution in [0.3, 0.4) is 0 Å². The van der Waals surface area contributed by atoms with E-state index in [4.69, 9.17) is 23.2 Å². The van der Waals surface area contributed by atoms with Crippen LogP contribution in [0, 0.1) is 0 Å². The summed E-state index contributed by atoms with van der Waals surface area (Å²) >= 11 is 11.8. The normalized spacial score (nSPS) is 20.4. The highest BCUT2D eigenvalue weighted by Crippen LogP contribution is 2.28. The van der Waals surface area contributed by atoms with E-state index < -0.39 is 10.0 Å². The van der Waals surface area contributed by atoms with Gasteiger partial charge in [0.2, 0.25) is 10.0 Å². The number of hydrogen-bond acceptors (Lipinski definition) is 3. The summed E-state index contributed by atoms with van der Waals surface area (Å²) in [4.78, 5) is 12.3. The third-order valence-electron chi connectivity index (χ3n) is 5.26. The molecule has 6 nitrogen and oxygen atoms in total. The molecule has 0 aromatic heterocycles. The van der Waals surface area contributed by atoms with E-state index in [0.29, 0.717) is 31.0 Å². The van der Waals surface area contributed by atoms with E-state index in [-0.39, 0.29) is 28.0 Å². The van der Waals surface area contributed by atoms with Crippen molar-refractivity contribution < 1.29 is 13.2 Å². The summed E-state index contributed by atoms with van der Waals surface area (Å²) in [5.41, 5.74) is 0. The maximum absolute atomic E-state index is 12.8. The molecule has 9 heteroatoms. The second-order valence-corrected chi connectivity index (χ2v) is 9.96. The fraction of sp³-hybridized carbons (Fsp3) is 0.611. The van der Waals surface area contributed by atoms with Gasteiger partial charge in [0.1, 0.15) is 0 Å². The molecule has 2 amide bonds. The molecule has 2 fully saturated rings. The summed E-state index contributed by atoms with van der Waals surface area (Å²) in [6.45, 7) is 0.716. The Balaban J connectivity index is 1.51. The molecule has 0 bridgehead atoms. The number of piperidine rings is 1. The topological polar surface area (TPSA) is 78.5 Å². The Labute approximate surface area is 170 Å². The van der Waals surface area contributed by atoms with Crippen molar-refractivity contribution in [3.05, 3.63) is 28.2 Å². The fourth-order valence-corrected chi connectivity index (χ4v) is 5.55. The molecule has 27 heavy (non-hydrogen) atoms. The van der Waals surface area contributed by atoms with Crippen molar-refractivity contribution >= 4 is 39.3 Å². The van der Waals surface area contributed by atoms with Gasteiger partial charge in [-0.2, -0.15) is 4.31 Å². The van der Waals surface area contributed by atoms with Gasteiger partial charge in [-0.1, -0.05) is 42.5 Å². The van der Waals surface area contributed by atoms with Crippen LogP contribution in [0.1, 0.15) is 44.9 Å². The lowest BCUT2D eigenvalue weighted by Gasteiger charge is -2.32. The van der Waals surface area contributed by atoms with Crippen LogP contribution in [0.5, 0.6) is 0 Å². The van der Waals surface area contributed by atoms with E-state index in [2.05, 4.69) is 10.6 Å². The third-order valence-corrected chi connectivity index (χ3v) is 7.89. The van der Waals surface area contributed by atoms with Crippen LogP contribution in [0.25, 0.3) is 0 Å². The van der Waals surface area contributed by atoms with E-state index in [1.54, 1.807) is 0 Å². The van der Waals surface area contributed by atoms with Crippen LogP contribution in [0.4, 0.5) is 4.79 Å². The predicted molar refractivity (Wildman–Crippen MR) is 107 cm³/mol. The van der Waals surface area contributed by atoms with Gasteiger partial charge in [-0.05, 0) is 43.9 Å². The van der Waals surface area contributed by atoms with Gasteiger partial charge in [-0.3, -0.25) is 0 Å². The van der Waals surface area contributed by atoms with Crippen molar-refractivity contribution in [2.45, 2.75) is 61.9 Å². The molecule has 2 N–H and O–H groups in total. The van der Waals surface area contributed by atoms with Gasteiger partial charge >= 0.3 is 6.03 Å². The lowest BCUT2D eigenvalue weighted by atomic mass is 9.96. The molecule has 1 aromatic carbocycles. The Hall–Kier alpha value is -1.02. The number of carbonyl (C=O) groups excluding carboxylic acids is 1. The van der Waals surface area contributed by atoms with Crippen LogP contribution in [0.15, 0.2) is 23.1 Å². The minimum Gasteiger partial charge on any atom is -0.335 e. The molecule has 3 rings (SSSR count). The van der Waals surface area contributed by atoms with Gasteiger partial charge < -0.3 is 10.6 Å². The highest BCUT2D eigenvalue weighted by atomic mass is 35.5. The summed E-state index contributed by atoms with van der Waals surface area (Å²) in [5, 5.41) is 6.56. The zero-order chi connectivity index (χ0) is 19.4. The number of nitrogens with zero attached hydrogens (tertiary/aromatic N) is 1. The van der Waals surface area contributed by atoms with Crippen LogP contribution in [-0.2, 0) is 10.0 Å². The Morgan fingerprint density at radius 2 is 1.52 bits per heavy atom. The molecule has 1 saturated carbocycles. The van der Waals surface area contributed by atoms with Gasteiger partial charge in [-0.15, -0.1) is 0 Å². The molecule has 0 radical (unpaired) electrons. The first-order valence-corrected chi connectivity index (χ1v) is 11.6. The number of halogens is 2. The number of urea groups is 1. The molecule has 0 spiro atoms. The van der Waals surface area contributed by atoms with E-state index in [0.717, 1.165) is 25.7 Å². The molecule has 2 aliphatic rings. The summed E-state index contributed by atoms with van der Waals surface area (Å²) in [5.74, 6) is 0. The summed E-state index contributed by atoms with van der Waals surface area (Å²) in [6, 6.07) is 4.42. The maximum Gasteiger partial charge on any atom is 0.315 e. The first-order chi connectivity index (χ1) is 12.9. The van der Waals surface area contributed by atoms with Crippen molar-refractivity contribution in [2.75, 3.05) is 13.1 Å². The van der Waals surface area contributed by atoms with Crippen LogP contribution < -0.4 is 10.6 Å². The molecule has 0 atom stereocenters. The molecule has 1 saturated heterocycles. The number of amides is 2. The van der Waals surface area contributed by atoms with Crippen molar-refractivity contribution in [3.8, 4) is 0 Å². The highest BCUT2D eigenvalue weighted by molar-refractivity contribution is 7.89. The molecule has 1 aliphatic heterocycles. The van der Waals surface area contributed by atoms with Gasteiger partial charge in [0.05, 0.1) is 14.9 Å². The van der Waals surface area contributed by atoms with Crippen molar-refractivity contribution in [3.63, 3.8) is 0 Å². The average molecular weight is 434 g/mol. The first kappa shape index (κ1) is 20.7. The third kappa shape index (κ3) is 5.28. The zero-order valence-corrected chi connectivity index (χ0v) is 17.4. The SMILES string of the molecule is O=C(NC1CCCCC1)NC1CCN(S(=O)(=O)c2ccc(Cl)c(Cl)c2)CC1. The second-order valence-electron chi connectivity index (χ2n) is 7.21. The summed E-state index contributed by atoms with van der Waals surface area (Å²) in [6.07, 6.45) is 6.80. The number of nitrogens with one attached hydrogen (secondary N) is 2. The van der Waals surface area contributed by atoms with Gasteiger partial charge in [0.15, 0.2) is 0 Å². The Kier molecular flexibility index (Phi) is 6.89. The molecular formula is C18H25Cl2N3O3S. The second kappa shape index (κ2) is 8.99. The largest absolute Gasteiger partial charge is 0.335 e. The monoisotopic (exact) mass is 433 g/mol. The van der Waals surface area contributed by atoms with Gasteiger partial charge in [0, 0.05) is 25.2 Å². The number of rotatable bonds is 4. The molecule has 1 aliphatic carbocycles. The fourth-order valence-electron chi connectivity index (χ4n) is 3.69. The summed E-state index contributed by atoms with van der Waals surface area (Å²) < 4.78 is 27.0. The van der Waals surface area contributed by atoms with Crippen LogP contribution >= 0.6 is 23.2 Å². The minimum absolute atomic E-state index is 0.0196. The van der Waals surface area contributed by atoms with Crippen molar-refractivity contribution in [2.24, 2.45) is 0 Å². The van der Waals surface area contributed by atoms with E-state index in [1.165, 1.54) is 28.9 Å². The lowest BCUT2D eigenvalue weighted by molar-refractivity contribution is 0.220. The van der Waals surface area contributed by atoms with Crippen molar-refractivity contribution in [1.29, 1.82) is 0 Å². The van der Waals surface area contributed by atoms with Crippen LogP contribution in [0.2, 0.25) is 10.0 Å². The number of carbonyl (C=O) groups is 1.